The molecule has 0 aromatic carbocycles. The van der Waals surface area contributed by atoms with E-state index in [4.69, 9.17) is 4.74 Å². The van der Waals surface area contributed by atoms with Gasteiger partial charge in [-0.2, -0.15) is 4.99 Å². The highest BCUT2D eigenvalue weighted by molar-refractivity contribution is 5.93. The molecule has 0 aliphatic carbocycles. The van der Waals surface area contributed by atoms with Crippen molar-refractivity contribution in [2.75, 3.05) is 6.61 Å². The predicted octanol–water partition coefficient (Wildman–Crippen LogP) is 2.85. The summed E-state index contributed by atoms with van der Waals surface area (Å²) in [5.41, 5.74) is 0.878. The first-order valence-electron chi connectivity index (χ1n) is 10.3. The number of ether oxygens (including phenoxy) is 1. The minimum Gasteiger partial charge on any atom is -0.462 e. The smallest absolute Gasteiger partial charge is 0.341 e. The van der Waals surface area contributed by atoms with E-state index in [2.05, 4.69) is 9.98 Å². The van der Waals surface area contributed by atoms with Gasteiger partial charge >= 0.3 is 5.97 Å². The van der Waals surface area contributed by atoms with Crippen LogP contribution in [0.2, 0.25) is 0 Å². The molecule has 0 fully saturated rings. The highest BCUT2D eigenvalue weighted by Gasteiger charge is 2.19. The van der Waals surface area contributed by atoms with Gasteiger partial charge in [-0.3, -0.25) is 14.0 Å². The van der Waals surface area contributed by atoms with Crippen molar-refractivity contribution in [2.24, 2.45) is 4.99 Å². The molecule has 0 aliphatic rings. The van der Waals surface area contributed by atoms with Crippen LogP contribution in [0.25, 0.3) is 16.7 Å². The number of amides is 1. The first-order valence-corrected chi connectivity index (χ1v) is 10.3. The number of carbonyl (C=O) groups is 2. The summed E-state index contributed by atoms with van der Waals surface area (Å²) >= 11 is 0. The van der Waals surface area contributed by atoms with Gasteiger partial charge in [0.2, 0.25) is 5.91 Å². The third-order valence-corrected chi connectivity index (χ3v) is 4.71. The van der Waals surface area contributed by atoms with Gasteiger partial charge in [0.25, 0.3) is 5.56 Å². The zero-order valence-corrected chi connectivity index (χ0v) is 17.6. The number of unbranched alkanes of at least 4 members (excludes halogenated alkanes) is 1. The molecule has 0 radical (unpaired) electrons. The predicted molar refractivity (Wildman–Crippen MR) is 113 cm³/mol. The van der Waals surface area contributed by atoms with Crippen molar-refractivity contribution in [3.63, 3.8) is 0 Å². The van der Waals surface area contributed by atoms with Crippen molar-refractivity contribution in [2.45, 2.75) is 53.0 Å². The van der Waals surface area contributed by atoms with E-state index in [-0.39, 0.29) is 40.9 Å². The fourth-order valence-corrected chi connectivity index (χ4v) is 3.27. The van der Waals surface area contributed by atoms with Crippen molar-refractivity contribution in [1.82, 2.24) is 14.0 Å². The van der Waals surface area contributed by atoms with Gasteiger partial charge in [-0.25, -0.2) is 9.78 Å². The van der Waals surface area contributed by atoms with Crippen LogP contribution in [0, 0.1) is 0 Å². The number of nitrogens with zero attached hydrogens (tertiary/aromatic N) is 4. The SMILES string of the molecule is CCCCn1c(=NC(=O)CCC)c(C(=O)OCC)cc2c(=O)n3ccccc3nc21. The maximum absolute atomic E-state index is 13.1. The summed E-state index contributed by atoms with van der Waals surface area (Å²) < 4.78 is 8.33. The lowest BCUT2D eigenvalue weighted by atomic mass is 10.2. The summed E-state index contributed by atoms with van der Waals surface area (Å²) in [6.45, 7) is 6.26. The van der Waals surface area contributed by atoms with Gasteiger partial charge in [-0.15, -0.1) is 0 Å². The Labute approximate surface area is 173 Å². The first kappa shape index (κ1) is 21.4. The van der Waals surface area contributed by atoms with Crippen LogP contribution in [0.4, 0.5) is 0 Å². The Morgan fingerprint density at radius 2 is 1.97 bits per heavy atom. The van der Waals surface area contributed by atoms with Gasteiger partial charge in [0, 0.05) is 19.2 Å². The van der Waals surface area contributed by atoms with E-state index in [1.165, 1.54) is 10.5 Å². The standard InChI is InChI=1S/C22H26N4O4/c1-4-7-12-26-19-15(21(28)25-13-9-8-11-17(25)23-19)14-16(22(29)30-6-3)20(26)24-18(27)10-5-2/h8-9,11,13-14H,4-7,10,12H2,1-3H3. The van der Waals surface area contributed by atoms with E-state index in [0.717, 1.165) is 12.8 Å². The lowest BCUT2D eigenvalue weighted by molar-refractivity contribution is -0.118. The number of fused-ring (bicyclic) bond motifs is 2. The van der Waals surface area contributed by atoms with Crippen molar-refractivity contribution in [3.05, 3.63) is 51.9 Å². The number of carbonyl (C=O) groups excluding carboxylic acids is 2. The summed E-state index contributed by atoms with van der Waals surface area (Å²) in [6, 6.07) is 6.73. The normalized spacial score (nSPS) is 11.9. The second-order valence-corrected chi connectivity index (χ2v) is 6.95. The monoisotopic (exact) mass is 410 g/mol. The minimum atomic E-state index is -0.620. The van der Waals surface area contributed by atoms with E-state index in [1.54, 1.807) is 35.9 Å². The Kier molecular flexibility index (Phi) is 6.76. The molecule has 0 N–H and O–H groups in total. The third kappa shape index (κ3) is 4.17. The molecule has 1 amide bonds. The molecule has 0 saturated carbocycles. The second-order valence-electron chi connectivity index (χ2n) is 6.95. The summed E-state index contributed by atoms with van der Waals surface area (Å²) in [5, 5.41) is 0.278. The van der Waals surface area contributed by atoms with Gasteiger partial charge in [0.05, 0.1) is 12.0 Å². The zero-order valence-electron chi connectivity index (χ0n) is 17.6. The first-order chi connectivity index (χ1) is 14.5. The molecular weight excluding hydrogens is 384 g/mol. The third-order valence-electron chi connectivity index (χ3n) is 4.71. The Bertz CT molecular complexity index is 1220. The summed E-state index contributed by atoms with van der Waals surface area (Å²) in [7, 11) is 0. The Morgan fingerprint density at radius 1 is 1.17 bits per heavy atom. The second kappa shape index (κ2) is 9.47. The molecule has 0 spiro atoms. The van der Waals surface area contributed by atoms with E-state index < -0.39 is 5.97 Å². The molecule has 3 rings (SSSR count). The molecule has 8 heteroatoms. The van der Waals surface area contributed by atoms with E-state index >= 15 is 0 Å². The van der Waals surface area contributed by atoms with Crippen LogP contribution in [0.15, 0.2) is 40.2 Å². The van der Waals surface area contributed by atoms with Crippen molar-refractivity contribution in [3.8, 4) is 0 Å². The highest BCUT2D eigenvalue weighted by atomic mass is 16.5. The molecule has 8 nitrogen and oxygen atoms in total. The molecule has 30 heavy (non-hydrogen) atoms. The quantitative estimate of drug-likeness (QED) is 0.441. The molecule has 0 bridgehead atoms. The lowest BCUT2D eigenvalue weighted by Crippen LogP contribution is -2.32. The number of pyridine rings is 2. The summed E-state index contributed by atoms with van der Waals surface area (Å²) in [5.74, 6) is -0.949. The molecule has 3 aromatic rings. The van der Waals surface area contributed by atoms with Crippen LogP contribution in [0.1, 0.15) is 56.8 Å². The number of aromatic nitrogens is 3. The van der Waals surface area contributed by atoms with Crippen LogP contribution in [0.3, 0.4) is 0 Å². The highest BCUT2D eigenvalue weighted by Crippen LogP contribution is 2.12. The number of hydrogen-bond acceptors (Lipinski definition) is 5. The topological polar surface area (TPSA) is 95.0 Å². The van der Waals surface area contributed by atoms with Gasteiger partial charge in [0.15, 0.2) is 5.49 Å². The van der Waals surface area contributed by atoms with Crippen molar-refractivity contribution in [1.29, 1.82) is 0 Å². The van der Waals surface area contributed by atoms with Crippen LogP contribution in [0.5, 0.6) is 0 Å². The number of hydrogen-bond donors (Lipinski definition) is 0. The molecule has 0 aliphatic heterocycles. The summed E-state index contributed by atoms with van der Waals surface area (Å²) in [4.78, 5) is 47.1. The molecule has 158 valence electrons. The van der Waals surface area contributed by atoms with E-state index in [0.29, 0.717) is 24.3 Å². The Hall–Kier alpha value is -3.29. The zero-order chi connectivity index (χ0) is 21.7. The molecule has 0 saturated heterocycles. The summed E-state index contributed by atoms with van der Waals surface area (Å²) in [6.07, 6.45) is 4.19. The minimum absolute atomic E-state index is 0.0969. The van der Waals surface area contributed by atoms with Gasteiger partial charge in [-0.1, -0.05) is 26.3 Å². The average molecular weight is 410 g/mol. The van der Waals surface area contributed by atoms with Crippen LogP contribution < -0.4 is 11.0 Å². The maximum Gasteiger partial charge on any atom is 0.341 e. The fourth-order valence-electron chi connectivity index (χ4n) is 3.27. The molecular formula is C22H26N4O4. The van der Waals surface area contributed by atoms with Gasteiger partial charge in [0.1, 0.15) is 16.9 Å². The Morgan fingerprint density at radius 3 is 2.67 bits per heavy atom. The number of aryl methyl sites for hydroxylation is 1. The number of rotatable bonds is 7. The molecule has 0 unspecified atom stereocenters. The van der Waals surface area contributed by atoms with Crippen molar-refractivity contribution >= 4 is 28.6 Å². The van der Waals surface area contributed by atoms with Crippen LogP contribution in [-0.2, 0) is 16.1 Å². The van der Waals surface area contributed by atoms with Gasteiger partial charge in [-0.05, 0) is 38.0 Å². The molecule has 3 heterocycles. The van der Waals surface area contributed by atoms with E-state index in [1.807, 2.05) is 13.8 Å². The van der Waals surface area contributed by atoms with Gasteiger partial charge < -0.3 is 9.30 Å². The molecule has 0 atom stereocenters. The maximum atomic E-state index is 13.1. The van der Waals surface area contributed by atoms with E-state index in [9.17, 15) is 14.4 Å². The Balaban J connectivity index is 2.48. The van der Waals surface area contributed by atoms with Crippen LogP contribution in [-0.4, -0.2) is 32.4 Å². The average Bonchev–Trinajstić information content (AvgIpc) is 2.73. The molecule has 3 aromatic heterocycles. The lowest BCUT2D eigenvalue weighted by Gasteiger charge is -2.14. The van der Waals surface area contributed by atoms with Crippen molar-refractivity contribution < 1.29 is 14.3 Å². The fraction of sp³-hybridized carbons (Fsp3) is 0.409. The number of esters is 1. The largest absolute Gasteiger partial charge is 0.462 e. The van der Waals surface area contributed by atoms with Crippen LogP contribution >= 0.6 is 0 Å².